The molecule has 1 heterocycles. The van der Waals surface area contributed by atoms with Gasteiger partial charge in [-0.1, -0.05) is 19.1 Å². The molecule has 26 heavy (non-hydrogen) atoms. The number of benzene rings is 1. The number of carbonyl (C=O) groups is 1. The summed E-state index contributed by atoms with van der Waals surface area (Å²) in [4.78, 5) is 13.0. The average molecular weight is 402 g/mol. The van der Waals surface area contributed by atoms with Crippen LogP contribution in [0.5, 0.6) is 0 Å². The first-order valence-corrected chi connectivity index (χ1v) is 9.02. The number of esters is 1. The number of thiophene rings is 1. The fourth-order valence-corrected chi connectivity index (χ4v) is 3.43. The molecule has 0 atom stereocenters. The summed E-state index contributed by atoms with van der Waals surface area (Å²) < 4.78 is 44.2. The Morgan fingerprint density at radius 2 is 1.92 bits per heavy atom. The summed E-state index contributed by atoms with van der Waals surface area (Å²) in [7, 11) is 0. The molecule has 0 saturated carbocycles. The zero-order valence-corrected chi connectivity index (χ0v) is 15.7. The monoisotopic (exact) mass is 402 g/mol. The predicted molar refractivity (Wildman–Crippen MR) is 101 cm³/mol. The van der Waals surface area contributed by atoms with Crippen LogP contribution >= 0.6 is 23.6 Å². The molecule has 2 N–H and O–H groups in total. The normalized spacial score (nSPS) is 11.1. The lowest BCUT2D eigenvalue weighted by atomic mass is 10.1. The zero-order valence-electron chi connectivity index (χ0n) is 14.1. The van der Waals surface area contributed by atoms with E-state index in [0.717, 1.165) is 10.9 Å². The van der Waals surface area contributed by atoms with Gasteiger partial charge in [-0.25, -0.2) is 4.79 Å². The third-order valence-corrected chi connectivity index (χ3v) is 4.73. The van der Waals surface area contributed by atoms with Crippen LogP contribution < -0.4 is 10.6 Å². The first-order valence-electron chi connectivity index (χ1n) is 7.80. The number of aryl methyl sites for hydroxylation is 1. The molecule has 0 aliphatic rings. The van der Waals surface area contributed by atoms with Gasteiger partial charge in [0.05, 0.1) is 23.4 Å². The summed E-state index contributed by atoms with van der Waals surface area (Å²) in [6.07, 6.45) is -3.80. The van der Waals surface area contributed by atoms with Crippen molar-refractivity contribution < 1.29 is 22.7 Å². The Bertz CT molecular complexity index is 804. The Morgan fingerprint density at radius 1 is 1.23 bits per heavy atom. The number of para-hydroxylation sites is 1. The summed E-state index contributed by atoms with van der Waals surface area (Å²) in [6.45, 7) is 3.84. The van der Waals surface area contributed by atoms with Crippen LogP contribution in [0.3, 0.4) is 0 Å². The molecule has 0 unspecified atom stereocenters. The number of thiocarbonyl (C=S) groups is 1. The van der Waals surface area contributed by atoms with E-state index in [9.17, 15) is 18.0 Å². The fourth-order valence-electron chi connectivity index (χ4n) is 2.17. The number of rotatable bonds is 5. The van der Waals surface area contributed by atoms with Gasteiger partial charge in [0.1, 0.15) is 5.00 Å². The number of hydrogen-bond acceptors (Lipinski definition) is 4. The molecule has 4 nitrogen and oxygen atoms in total. The molecule has 1 aromatic carbocycles. The first kappa shape index (κ1) is 20.2. The van der Waals surface area contributed by atoms with E-state index in [-0.39, 0.29) is 17.4 Å². The number of nitrogens with one attached hydrogen (secondary N) is 2. The van der Waals surface area contributed by atoms with Crippen molar-refractivity contribution >= 4 is 45.3 Å². The zero-order chi connectivity index (χ0) is 19.3. The second-order valence-electron chi connectivity index (χ2n) is 5.15. The van der Waals surface area contributed by atoms with Crippen LogP contribution in [0.1, 0.15) is 34.6 Å². The van der Waals surface area contributed by atoms with Crippen molar-refractivity contribution in [2.75, 3.05) is 17.2 Å². The summed E-state index contributed by atoms with van der Waals surface area (Å²) in [5, 5.41) is 5.74. The highest BCUT2D eigenvalue weighted by atomic mass is 32.1. The van der Waals surface area contributed by atoms with E-state index in [1.54, 1.807) is 13.0 Å². The molecule has 2 aromatic rings. The molecule has 0 amide bonds. The summed E-state index contributed by atoms with van der Waals surface area (Å²) in [5.41, 5.74) is -0.681. The highest BCUT2D eigenvalue weighted by Crippen LogP contribution is 2.35. The lowest BCUT2D eigenvalue weighted by Gasteiger charge is -2.15. The number of hydrogen-bond donors (Lipinski definition) is 2. The molecule has 9 heteroatoms. The van der Waals surface area contributed by atoms with Gasteiger partial charge < -0.3 is 15.4 Å². The molecule has 0 aliphatic carbocycles. The van der Waals surface area contributed by atoms with Crippen LogP contribution in [0, 0.1) is 0 Å². The van der Waals surface area contributed by atoms with Crippen molar-refractivity contribution in [2.45, 2.75) is 26.4 Å². The molecule has 0 spiro atoms. The Balaban J connectivity index is 2.21. The molecule has 0 saturated heterocycles. The van der Waals surface area contributed by atoms with Gasteiger partial charge in [0, 0.05) is 4.88 Å². The Kier molecular flexibility index (Phi) is 6.60. The molecular formula is C17H17F3N2O2S2. The lowest BCUT2D eigenvalue weighted by molar-refractivity contribution is -0.136. The topological polar surface area (TPSA) is 50.4 Å². The van der Waals surface area contributed by atoms with Crippen LogP contribution in [0.15, 0.2) is 30.3 Å². The Hall–Kier alpha value is -2.13. The molecule has 0 bridgehead atoms. The third kappa shape index (κ3) is 4.95. The third-order valence-electron chi connectivity index (χ3n) is 3.33. The van der Waals surface area contributed by atoms with E-state index in [0.29, 0.717) is 17.0 Å². The number of halogens is 3. The van der Waals surface area contributed by atoms with Gasteiger partial charge in [-0.15, -0.1) is 11.3 Å². The van der Waals surface area contributed by atoms with Crippen LogP contribution in [-0.2, 0) is 17.3 Å². The van der Waals surface area contributed by atoms with E-state index < -0.39 is 17.7 Å². The largest absolute Gasteiger partial charge is 0.462 e. The summed E-state index contributed by atoms with van der Waals surface area (Å²) >= 11 is 6.42. The van der Waals surface area contributed by atoms with E-state index in [1.165, 1.54) is 29.5 Å². The van der Waals surface area contributed by atoms with E-state index in [2.05, 4.69) is 10.6 Å². The minimum absolute atomic E-state index is 0.0447. The Morgan fingerprint density at radius 3 is 2.54 bits per heavy atom. The summed E-state index contributed by atoms with van der Waals surface area (Å²) in [5.74, 6) is -0.510. The van der Waals surface area contributed by atoms with E-state index in [4.69, 9.17) is 17.0 Å². The van der Waals surface area contributed by atoms with Gasteiger partial charge >= 0.3 is 12.1 Å². The quantitative estimate of drug-likeness (QED) is 0.524. The highest BCUT2D eigenvalue weighted by Gasteiger charge is 2.33. The first-order chi connectivity index (χ1) is 12.3. The molecule has 140 valence electrons. The molecule has 2 rings (SSSR count). The number of alkyl halides is 3. The van der Waals surface area contributed by atoms with Crippen molar-refractivity contribution in [1.29, 1.82) is 0 Å². The van der Waals surface area contributed by atoms with Crippen LogP contribution in [-0.4, -0.2) is 17.7 Å². The lowest BCUT2D eigenvalue weighted by Crippen LogP contribution is -2.22. The smallest absolute Gasteiger partial charge is 0.418 e. The van der Waals surface area contributed by atoms with Gasteiger partial charge in [0.2, 0.25) is 0 Å². The maximum atomic E-state index is 13.1. The minimum Gasteiger partial charge on any atom is -0.462 e. The molecule has 0 aliphatic heterocycles. The van der Waals surface area contributed by atoms with Gasteiger partial charge in [0.15, 0.2) is 5.11 Å². The maximum absolute atomic E-state index is 13.1. The molecular weight excluding hydrogens is 385 g/mol. The second kappa shape index (κ2) is 8.50. The van der Waals surface area contributed by atoms with Gasteiger partial charge in [-0.05, 0) is 43.8 Å². The van der Waals surface area contributed by atoms with E-state index >= 15 is 0 Å². The van der Waals surface area contributed by atoms with E-state index in [1.807, 2.05) is 6.92 Å². The van der Waals surface area contributed by atoms with Crippen LogP contribution in [0.25, 0.3) is 0 Å². The average Bonchev–Trinajstić information content (AvgIpc) is 2.97. The van der Waals surface area contributed by atoms with Crippen molar-refractivity contribution in [1.82, 2.24) is 0 Å². The summed E-state index contributed by atoms with van der Waals surface area (Å²) in [6, 6.07) is 6.72. The predicted octanol–water partition coefficient (Wildman–Crippen LogP) is 5.31. The van der Waals surface area contributed by atoms with Crippen molar-refractivity contribution in [3.8, 4) is 0 Å². The number of carbonyl (C=O) groups excluding carboxylic acids is 1. The number of anilines is 2. The van der Waals surface area contributed by atoms with Gasteiger partial charge in [-0.3, -0.25) is 0 Å². The molecule has 0 radical (unpaired) electrons. The van der Waals surface area contributed by atoms with Gasteiger partial charge in [0.25, 0.3) is 0 Å². The van der Waals surface area contributed by atoms with Crippen LogP contribution in [0.4, 0.5) is 23.9 Å². The standard InChI is InChI=1S/C17H17F3N2O2S2/c1-3-10-9-11(15(23)24-4-2)14(26-10)22-16(25)21-13-8-6-5-7-12(13)17(18,19)20/h5-9H,3-4H2,1-2H3,(H2,21,22,25). The van der Waals surface area contributed by atoms with Gasteiger partial charge in [-0.2, -0.15) is 13.2 Å². The Labute approximate surface area is 158 Å². The fraction of sp³-hybridized carbons (Fsp3) is 0.294. The minimum atomic E-state index is -4.51. The van der Waals surface area contributed by atoms with Crippen molar-refractivity contribution in [3.05, 3.63) is 46.3 Å². The molecule has 0 fully saturated rings. The molecule has 1 aromatic heterocycles. The highest BCUT2D eigenvalue weighted by molar-refractivity contribution is 7.80. The van der Waals surface area contributed by atoms with Crippen LogP contribution in [0.2, 0.25) is 0 Å². The van der Waals surface area contributed by atoms with Crippen molar-refractivity contribution in [3.63, 3.8) is 0 Å². The SMILES string of the molecule is CCOC(=O)c1cc(CC)sc1NC(=S)Nc1ccccc1C(F)(F)F. The van der Waals surface area contributed by atoms with Crippen molar-refractivity contribution in [2.24, 2.45) is 0 Å². The number of ether oxygens (including phenoxy) is 1. The second-order valence-corrected chi connectivity index (χ2v) is 6.70. The maximum Gasteiger partial charge on any atom is 0.418 e.